The molecule has 2 aliphatic heterocycles. The molecule has 0 unspecified atom stereocenters. The largest absolute Gasteiger partial charge is 0.378 e. The Hall–Kier alpha value is -0.610. The highest BCUT2D eigenvalue weighted by molar-refractivity contribution is 5.82. The highest BCUT2D eigenvalue weighted by Crippen LogP contribution is 2.28. The van der Waals surface area contributed by atoms with Gasteiger partial charge in [-0.05, 0) is 26.3 Å². The zero-order valence-corrected chi connectivity index (χ0v) is 9.42. The predicted molar refractivity (Wildman–Crippen MR) is 57.6 cm³/mol. The Morgan fingerprint density at radius 2 is 2.13 bits per heavy atom. The number of morpholine rings is 1. The molecule has 2 aliphatic rings. The zero-order chi connectivity index (χ0) is 10.7. The summed E-state index contributed by atoms with van der Waals surface area (Å²) >= 11 is 0. The van der Waals surface area contributed by atoms with Crippen molar-refractivity contribution in [2.24, 2.45) is 5.41 Å². The van der Waals surface area contributed by atoms with Crippen LogP contribution >= 0.6 is 0 Å². The van der Waals surface area contributed by atoms with Gasteiger partial charge in [0.15, 0.2) is 0 Å². The summed E-state index contributed by atoms with van der Waals surface area (Å²) in [6.45, 7) is 6.85. The fourth-order valence-corrected chi connectivity index (χ4v) is 2.39. The zero-order valence-electron chi connectivity index (χ0n) is 9.42. The van der Waals surface area contributed by atoms with Gasteiger partial charge in [0, 0.05) is 19.6 Å². The van der Waals surface area contributed by atoms with Crippen molar-refractivity contribution < 1.29 is 9.53 Å². The van der Waals surface area contributed by atoms with Crippen LogP contribution in [0, 0.1) is 5.41 Å². The fraction of sp³-hybridized carbons (Fsp3) is 0.909. The molecule has 2 fully saturated rings. The van der Waals surface area contributed by atoms with E-state index in [9.17, 15) is 4.79 Å². The van der Waals surface area contributed by atoms with Crippen molar-refractivity contribution in [1.29, 1.82) is 0 Å². The molecule has 2 saturated heterocycles. The normalized spacial score (nSPS) is 32.7. The SMILES string of the molecule is C[C@]1(C(=O)N2CCOCC2)CCCNC1. The van der Waals surface area contributed by atoms with Gasteiger partial charge in [0.1, 0.15) is 0 Å². The maximum Gasteiger partial charge on any atom is 0.229 e. The Morgan fingerprint density at radius 1 is 1.40 bits per heavy atom. The maximum absolute atomic E-state index is 12.3. The van der Waals surface area contributed by atoms with Crippen LogP contribution in [0.4, 0.5) is 0 Å². The predicted octanol–water partition coefficient (Wildman–Crippen LogP) is 0.235. The first-order valence-corrected chi connectivity index (χ1v) is 5.80. The Kier molecular flexibility index (Phi) is 3.26. The van der Waals surface area contributed by atoms with Crippen molar-refractivity contribution in [3.63, 3.8) is 0 Å². The molecule has 2 heterocycles. The Balaban J connectivity index is 1.98. The van der Waals surface area contributed by atoms with Crippen molar-refractivity contribution in [3.8, 4) is 0 Å². The molecular formula is C11H20N2O2. The molecule has 4 nitrogen and oxygen atoms in total. The van der Waals surface area contributed by atoms with Crippen molar-refractivity contribution in [3.05, 3.63) is 0 Å². The number of ether oxygens (including phenoxy) is 1. The molecule has 4 heteroatoms. The first-order chi connectivity index (χ1) is 7.22. The quantitative estimate of drug-likeness (QED) is 0.677. The molecule has 1 N–H and O–H groups in total. The van der Waals surface area contributed by atoms with Gasteiger partial charge in [-0.2, -0.15) is 0 Å². The maximum atomic E-state index is 12.3. The number of rotatable bonds is 1. The van der Waals surface area contributed by atoms with Gasteiger partial charge in [-0.25, -0.2) is 0 Å². The van der Waals surface area contributed by atoms with E-state index in [1.165, 1.54) is 0 Å². The minimum absolute atomic E-state index is 0.185. The average Bonchev–Trinajstić information content (AvgIpc) is 2.30. The van der Waals surface area contributed by atoms with Crippen LogP contribution in [0.15, 0.2) is 0 Å². The molecule has 15 heavy (non-hydrogen) atoms. The second-order valence-corrected chi connectivity index (χ2v) is 4.75. The van der Waals surface area contributed by atoms with Gasteiger partial charge in [0.2, 0.25) is 5.91 Å². The third-order valence-electron chi connectivity index (χ3n) is 3.41. The Morgan fingerprint density at radius 3 is 2.73 bits per heavy atom. The summed E-state index contributed by atoms with van der Waals surface area (Å²) in [6.07, 6.45) is 2.11. The lowest BCUT2D eigenvalue weighted by Gasteiger charge is -2.38. The van der Waals surface area contributed by atoms with Crippen LogP contribution in [0.5, 0.6) is 0 Å². The van der Waals surface area contributed by atoms with Crippen LogP contribution in [-0.4, -0.2) is 50.2 Å². The van der Waals surface area contributed by atoms with Gasteiger partial charge in [-0.3, -0.25) is 4.79 Å². The highest BCUT2D eigenvalue weighted by atomic mass is 16.5. The van der Waals surface area contributed by atoms with Crippen molar-refractivity contribution >= 4 is 5.91 Å². The molecule has 0 aromatic rings. The third kappa shape index (κ3) is 2.32. The van der Waals surface area contributed by atoms with E-state index in [4.69, 9.17) is 4.74 Å². The molecule has 2 rings (SSSR count). The smallest absolute Gasteiger partial charge is 0.229 e. The minimum Gasteiger partial charge on any atom is -0.378 e. The van der Waals surface area contributed by atoms with Crippen LogP contribution in [0.3, 0.4) is 0 Å². The summed E-state index contributed by atoms with van der Waals surface area (Å²) in [5.41, 5.74) is -0.185. The van der Waals surface area contributed by atoms with Crippen molar-refractivity contribution in [1.82, 2.24) is 10.2 Å². The number of nitrogens with zero attached hydrogens (tertiary/aromatic N) is 1. The Labute approximate surface area is 91.0 Å². The lowest BCUT2D eigenvalue weighted by Crippen LogP contribution is -2.53. The molecule has 1 amide bonds. The van der Waals surface area contributed by atoms with Crippen LogP contribution in [-0.2, 0) is 9.53 Å². The number of piperidine rings is 1. The molecule has 0 radical (unpaired) electrons. The van der Waals surface area contributed by atoms with Crippen LogP contribution in [0.25, 0.3) is 0 Å². The first-order valence-electron chi connectivity index (χ1n) is 5.80. The van der Waals surface area contributed by atoms with E-state index in [2.05, 4.69) is 12.2 Å². The van der Waals surface area contributed by atoms with Gasteiger partial charge < -0.3 is 15.0 Å². The number of nitrogens with one attached hydrogen (secondary N) is 1. The number of hydrogen-bond acceptors (Lipinski definition) is 3. The number of hydrogen-bond donors (Lipinski definition) is 1. The number of carbonyl (C=O) groups is 1. The van der Waals surface area contributed by atoms with Crippen molar-refractivity contribution in [2.75, 3.05) is 39.4 Å². The van der Waals surface area contributed by atoms with Crippen LogP contribution < -0.4 is 5.32 Å². The van der Waals surface area contributed by atoms with E-state index in [0.29, 0.717) is 19.1 Å². The van der Waals surface area contributed by atoms with E-state index in [-0.39, 0.29) is 5.41 Å². The van der Waals surface area contributed by atoms with Crippen molar-refractivity contribution in [2.45, 2.75) is 19.8 Å². The Bertz CT molecular complexity index is 231. The lowest BCUT2D eigenvalue weighted by molar-refractivity contribution is -0.146. The van der Waals surface area contributed by atoms with E-state index in [1.54, 1.807) is 0 Å². The molecule has 0 spiro atoms. The van der Waals surface area contributed by atoms with Gasteiger partial charge >= 0.3 is 0 Å². The lowest BCUT2D eigenvalue weighted by atomic mass is 9.81. The van der Waals surface area contributed by atoms with Crippen LogP contribution in [0.1, 0.15) is 19.8 Å². The summed E-state index contributed by atoms with van der Waals surface area (Å²) in [4.78, 5) is 14.3. The van der Waals surface area contributed by atoms with Gasteiger partial charge in [-0.1, -0.05) is 0 Å². The van der Waals surface area contributed by atoms with Gasteiger partial charge in [-0.15, -0.1) is 0 Å². The molecular weight excluding hydrogens is 192 g/mol. The van der Waals surface area contributed by atoms with Crippen LogP contribution in [0.2, 0.25) is 0 Å². The van der Waals surface area contributed by atoms with E-state index in [1.807, 2.05) is 4.90 Å². The van der Waals surface area contributed by atoms with Gasteiger partial charge in [0.05, 0.1) is 18.6 Å². The average molecular weight is 212 g/mol. The third-order valence-corrected chi connectivity index (χ3v) is 3.41. The van der Waals surface area contributed by atoms with E-state index < -0.39 is 0 Å². The van der Waals surface area contributed by atoms with E-state index in [0.717, 1.165) is 39.0 Å². The van der Waals surface area contributed by atoms with Gasteiger partial charge in [0.25, 0.3) is 0 Å². The monoisotopic (exact) mass is 212 g/mol. The molecule has 0 aromatic carbocycles. The summed E-state index contributed by atoms with van der Waals surface area (Å²) < 4.78 is 5.26. The highest BCUT2D eigenvalue weighted by Gasteiger charge is 2.37. The summed E-state index contributed by atoms with van der Waals surface area (Å²) in [7, 11) is 0. The second-order valence-electron chi connectivity index (χ2n) is 4.75. The second kappa shape index (κ2) is 4.49. The molecule has 0 bridgehead atoms. The summed E-state index contributed by atoms with van der Waals surface area (Å²) in [5, 5.41) is 3.32. The first kappa shape index (κ1) is 10.9. The molecule has 86 valence electrons. The minimum atomic E-state index is -0.185. The molecule has 0 aromatic heterocycles. The van der Waals surface area contributed by atoms with E-state index >= 15 is 0 Å². The molecule has 0 aliphatic carbocycles. The summed E-state index contributed by atoms with van der Waals surface area (Å²) in [6, 6.07) is 0. The standard InChI is InChI=1S/C11H20N2O2/c1-11(3-2-4-12-9-11)10(14)13-5-7-15-8-6-13/h12H,2-9H2,1H3/t11-/m0/s1. The molecule has 0 saturated carbocycles. The number of amides is 1. The fourth-order valence-electron chi connectivity index (χ4n) is 2.39. The number of carbonyl (C=O) groups excluding carboxylic acids is 1. The topological polar surface area (TPSA) is 41.6 Å². The summed E-state index contributed by atoms with van der Waals surface area (Å²) in [5.74, 6) is 0.304. The molecule has 1 atom stereocenters.